The molecule has 2 atom stereocenters. The minimum absolute atomic E-state index is 0.0552. The van der Waals surface area contributed by atoms with Crippen LogP contribution in [0.15, 0.2) is 42.6 Å². The number of esters is 1. The van der Waals surface area contributed by atoms with Crippen molar-refractivity contribution in [2.75, 3.05) is 16.8 Å². The maximum Gasteiger partial charge on any atom is 0.312 e. The van der Waals surface area contributed by atoms with Crippen LogP contribution in [0.25, 0.3) is 0 Å². The average Bonchev–Trinajstić information content (AvgIpc) is 3.11. The smallest absolute Gasteiger partial charge is 0.312 e. The number of carbonyl (C=O) groups excluding carboxylic acids is 3. The Morgan fingerprint density at radius 3 is 2.79 bits per heavy atom. The van der Waals surface area contributed by atoms with Crippen molar-refractivity contribution in [2.24, 2.45) is 5.92 Å². The molecular formula is C21H22ClN3O4. The number of hydrogen-bond donors (Lipinski definition) is 1. The Hall–Kier alpha value is -2.93. The zero-order chi connectivity index (χ0) is 21.0. The molecular weight excluding hydrogens is 394 g/mol. The summed E-state index contributed by atoms with van der Waals surface area (Å²) in [5.74, 6) is -1.85. The van der Waals surface area contributed by atoms with Crippen molar-refractivity contribution in [1.82, 2.24) is 4.98 Å². The molecule has 1 aromatic carbocycles. The standard InChI is InChI=1S/C21H22ClN3O4/c1-3-14-7-4-5-9-17(14)25-12-15(11-18(25)26)21(28)29-13(2)20(27)24-16-8-6-10-23-19(16)22/h4-10,13,15H,3,11-12H2,1-2H3,(H,24,27)/t13-,15+/m0/s1. The summed E-state index contributed by atoms with van der Waals surface area (Å²) < 4.78 is 5.30. The fourth-order valence-electron chi connectivity index (χ4n) is 3.21. The first-order valence-corrected chi connectivity index (χ1v) is 9.78. The Kier molecular flexibility index (Phi) is 6.49. The number of nitrogens with one attached hydrogen (secondary N) is 1. The third kappa shape index (κ3) is 4.74. The van der Waals surface area contributed by atoms with Gasteiger partial charge in [0.1, 0.15) is 0 Å². The van der Waals surface area contributed by atoms with Gasteiger partial charge in [0.15, 0.2) is 11.3 Å². The second-order valence-electron chi connectivity index (χ2n) is 6.80. The largest absolute Gasteiger partial charge is 0.452 e. The first kappa shape index (κ1) is 20.8. The number of carbonyl (C=O) groups is 3. The third-order valence-corrected chi connectivity index (χ3v) is 5.10. The molecule has 8 heteroatoms. The summed E-state index contributed by atoms with van der Waals surface area (Å²) in [6.07, 6.45) is 1.30. The number of para-hydroxylation sites is 1. The minimum atomic E-state index is -1.04. The average molecular weight is 416 g/mol. The fraction of sp³-hybridized carbons (Fsp3) is 0.333. The van der Waals surface area contributed by atoms with Gasteiger partial charge >= 0.3 is 5.97 Å². The highest BCUT2D eigenvalue weighted by Crippen LogP contribution is 2.29. The monoisotopic (exact) mass is 415 g/mol. The number of anilines is 2. The molecule has 0 spiro atoms. The zero-order valence-electron chi connectivity index (χ0n) is 16.2. The third-order valence-electron chi connectivity index (χ3n) is 4.80. The van der Waals surface area contributed by atoms with Crippen molar-refractivity contribution < 1.29 is 19.1 Å². The molecule has 29 heavy (non-hydrogen) atoms. The Labute approximate surface area is 174 Å². The molecule has 0 unspecified atom stereocenters. The molecule has 0 radical (unpaired) electrons. The van der Waals surface area contributed by atoms with Gasteiger partial charge in [-0.1, -0.05) is 36.7 Å². The summed E-state index contributed by atoms with van der Waals surface area (Å²) in [7, 11) is 0. The van der Waals surface area contributed by atoms with E-state index in [1.54, 1.807) is 17.0 Å². The van der Waals surface area contributed by atoms with Crippen molar-refractivity contribution in [3.8, 4) is 0 Å². The Balaban J connectivity index is 1.61. The van der Waals surface area contributed by atoms with E-state index >= 15 is 0 Å². The molecule has 3 rings (SSSR count). The van der Waals surface area contributed by atoms with Gasteiger partial charge in [-0.05, 0) is 37.1 Å². The van der Waals surface area contributed by atoms with Crippen molar-refractivity contribution in [2.45, 2.75) is 32.8 Å². The van der Waals surface area contributed by atoms with E-state index in [1.807, 2.05) is 31.2 Å². The first-order chi connectivity index (χ1) is 13.9. The fourth-order valence-corrected chi connectivity index (χ4v) is 3.38. The van der Waals surface area contributed by atoms with Crippen LogP contribution in [0.5, 0.6) is 0 Å². The number of aromatic nitrogens is 1. The molecule has 2 amide bonds. The summed E-state index contributed by atoms with van der Waals surface area (Å²) in [5.41, 5.74) is 2.18. The normalized spacial score (nSPS) is 17.1. The van der Waals surface area contributed by atoms with Gasteiger partial charge in [0.25, 0.3) is 5.91 Å². The lowest BCUT2D eigenvalue weighted by Crippen LogP contribution is -2.33. The molecule has 2 aromatic rings. The van der Waals surface area contributed by atoms with Crippen molar-refractivity contribution >= 4 is 40.8 Å². The molecule has 1 aliphatic heterocycles. The molecule has 152 valence electrons. The van der Waals surface area contributed by atoms with Crippen molar-refractivity contribution in [3.05, 3.63) is 53.3 Å². The molecule has 0 aliphatic carbocycles. The SMILES string of the molecule is CCc1ccccc1N1C[C@H](C(=O)O[C@@H](C)C(=O)Nc2cccnc2Cl)CC1=O. The van der Waals surface area contributed by atoms with Crippen LogP contribution in [0.1, 0.15) is 25.8 Å². The van der Waals surface area contributed by atoms with Gasteiger partial charge in [-0.2, -0.15) is 0 Å². The Morgan fingerprint density at radius 2 is 2.07 bits per heavy atom. The van der Waals surface area contributed by atoms with E-state index in [0.717, 1.165) is 17.7 Å². The van der Waals surface area contributed by atoms with Gasteiger partial charge in [0, 0.05) is 24.8 Å². The van der Waals surface area contributed by atoms with E-state index in [9.17, 15) is 14.4 Å². The number of halogens is 1. The van der Waals surface area contributed by atoms with Gasteiger partial charge in [-0.15, -0.1) is 0 Å². The first-order valence-electron chi connectivity index (χ1n) is 9.40. The predicted molar refractivity (Wildman–Crippen MR) is 110 cm³/mol. The molecule has 1 saturated heterocycles. The van der Waals surface area contributed by atoms with E-state index in [-0.39, 0.29) is 24.0 Å². The highest BCUT2D eigenvalue weighted by Gasteiger charge is 2.37. The maximum absolute atomic E-state index is 12.5. The van der Waals surface area contributed by atoms with E-state index in [2.05, 4.69) is 10.3 Å². The van der Waals surface area contributed by atoms with Crippen molar-refractivity contribution in [3.63, 3.8) is 0 Å². The second-order valence-corrected chi connectivity index (χ2v) is 7.16. The van der Waals surface area contributed by atoms with Crippen LogP contribution in [0.2, 0.25) is 5.15 Å². The van der Waals surface area contributed by atoms with Gasteiger partial charge < -0.3 is 15.0 Å². The summed E-state index contributed by atoms with van der Waals surface area (Å²) >= 11 is 5.92. The van der Waals surface area contributed by atoms with Gasteiger partial charge in [-0.3, -0.25) is 14.4 Å². The molecule has 1 fully saturated rings. The summed E-state index contributed by atoms with van der Waals surface area (Å²) in [5, 5.41) is 2.72. The van der Waals surface area contributed by atoms with Gasteiger partial charge in [0.05, 0.1) is 11.6 Å². The number of ether oxygens (including phenoxy) is 1. The minimum Gasteiger partial charge on any atom is -0.452 e. The van der Waals surface area contributed by atoms with E-state index in [0.29, 0.717) is 5.69 Å². The number of benzene rings is 1. The molecule has 0 saturated carbocycles. The van der Waals surface area contributed by atoms with Gasteiger partial charge in [0.2, 0.25) is 5.91 Å². The second kappa shape index (κ2) is 9.05. The lowest BCUT2D eigenvalue weighted by Gasteiger charge is -2.20. The summed E-state index contributed by atoms with van der Waals surface area (Å²) in [4.78, 5) is 42.8. The molecule has 1 aromatic heterocycles. The van der Waals surface area contributed by atoms with E-state index in [1.165, 1.54) is 13.1 Å². The lowest BCUT2D eigenvalue weighted by atomic mass is 10.1. The van der Waals surface area contributed by atoms with Crippen molar-refractivity contribution in [1.29, 1.82) is 0 Å². The number of hydrogen-bond acceptors (Lipinski definition) is 5. The lowest BCUT2D eigenvalue weighted by molar-refractivity contribution is -0.157. The van der Waals surface area contributed by atoms with Crippen LogP contribution in [0.3, 0.4) is 0 Å². The van der Waals surface area contributed by atoms with Crippen LogP contribution < -0.4 is 10.2 Å². The maximum atomic E-state index is 12.5. The molecule has 1 N–H and O–H groups in total. The molecule has 0 bridgehead atoms. The summed E-state index contributed by atoms with van der Waals surface area (Å²) in [6.45, 7) is 3.72. The number of nitrogens with zero attached hydrogens (tertiary/aromatic N) is 2. The van der Waals surface area contributed by atoms with Crippen LogP contribution in [0, 0.1) is 5.92 Å². The Morgan fingerprint density at radius 1 is 1.31 bits per heavy atom. The Bertz CT molecular complexity index is 934. The highest BCUT2D eigenvalue weighted by atomic mass is 35.5. The zero-order valence-corrected chi connectivity index (χ0v) is 17.0. The van der Waals surface area contributed by atoms with Crippen LogP contribution in [0.4, 0.5) is 11.4 Å². The molecule has 7 nitrogen and oxygen atoms in total. The van der Waals surface area contributed by atoms with Crippen LogP contribution in [-0.2, 0) is 25.5 Å². The topological polar surface area (TPSA) is 88.6 Å². The van der Waals surface area contributed by atoms with Crippen LogP contribution >= 0.6 is 11.6 Å². The molecule has 2 heterocycles. The van der Waals surface area contributed by atoms with Gasteiger partial charge in [-0.25, -0.2) is 4.98 Å². The van der Waals surface area contributed by atoms with E-state index < -0.39 is 23.9 Å². The summed E-state index contributed by atoms with van der Waals surface area (Å²) in [6, 6.07) is 10.8. The number of amides is 2. The number of aryl methyl sites for hydroxylation is 1. The van der Waals surface area contributed by atoms with Crippen LogP contribution in [-0.4, -0.2) is 35.4 Å². The molecule has 1 aliphatic rings. The number of pyridine rings is 1. The highest BCUT2D eigenvalue weighted by molar-refractivity contribution is 6.32. The quantitative estimate of drug-likeness (QED) is 0.578. The van der Waals surface area contributed by atoms with E-state index in [4.69, 9.17) is 16.3 Å². The predicted octanol–water partition coefficient (Wildman–Crippen LogP) is 3.22. The number of rotatable bonds is 6.